The third kappa shape index (κ3) is 4.16. The highest BCUT2D eigenvalue weighted by molar-refractivity contribution is 5.82. The molecule has 0 spiro atoms. The Morgan fingerprint density at radius 3 is 2.78 bits per heavy atom. The number of fused-ring (bicyclic) bond motifs is 1. The van der Waals surface area contributed by atoms with E-state index in [1.807, 2.05) is 12.3 Å². The fourth-order valence-electron chi connectivity index (χ4n) is 4.71. The van der Waals surface area contributed by atoms with Crippen molar-refractivity contribution >= 4 is 16.8 Å². The Labute approximate surface area is 161 Å². The summed E-state index contributed by atoms with van der Waals surface area (Å²) in [6, 6.07) is 10.5. The molecule has 4 heteroatoms. The molecule has 4 nitrogen and oxygen atoms in total. The molecule has 1 N–H and O–H groups in total. The van der Waals surface area contributed by atoms with Crippen molar-refractivity contribution in [1.29, 1.82) is 0 Å². The molecule has 4 rings (SSSR count). The van der Waals surface area contributed by atoms with Crippen molar-refractivity contribution in [3.8, 4) is 0 Å². The molecule has 0 radical (unpaired) electrons. The first-order valence-electron chi connectivity index (χ1n) is 10.4. The van der Waals surface area contributed by atoms with Crippen LogP contribution in [-0.4, -0.2) is 30.1 Å². The van der Waals surface area contributed by atoms with Crippen molar-refractivity contribution in [2.24, 2.45) is 17.8 Å². The number of nitrogens with one attached hydrogen (secondary N) is 1. The minimum Gasteiger partial charge on any atom is -0.379 e. The quantitative estimate of drug-likeness (QED) is 0.866. The van der Waals surface area contributed by atoms with Crippen LogP contribution in [0.15, 0.2) is 36.5 Å². The molecule has 1 aliphatic heterocycles. The van der Waals surface area contributed by atoms with E-state index in [4.69, 9.17) is 4.74 Å². The Balaban J connectivity index is 1.40. The van der Waals surface area contributed by atoms with Crippen LogP contribution in [0, 0.1) is 17.8 Å². The highest BCUT2D eigenvalue weighted by atomic mass is 16.5. The summed E-state index contributed by atoms with van der Waals surface area (Å²) in [7, 11) is 0. The van der Waals surface area contributed by atoms with Crippen molar-refractivity contribution in [1.82, 2.24) is 10.3 Å². The number of hydrogen-bond acceptors (Lipinski definition) is 3. The monoisotopic (exact) mass is 366 g/mol. The lowest BCUT2D eigenvalue weighted by atomic mass is 9.80. The third-order valence-electron chi connectivity index (χ3n) is 6.54. The molecule has 1 amide bonds. The summed E-state index contributed by atoms with van der Waals surface area (Å²) in [5.41, 5.74) is 2.32. The second-order valence-electron chi connectivity index (χ2n) is 8.23. The molecule has 0 bridgehead atoms. The van der Waals surface area contributed by atoms with Gasteiger partial charge in [0.15, 0.2) is 0 Å². The van der Waals surface area contributed by atoms with E-state index in [1.165, 1.54) is 30.2 Å². The van der Waals surface area contributed by atoms with Gasteiger partial charge in [0.2, 0.25) is 5.91 Å². The van der Waals surface area contributed by atoms with Gasteiger partial charge >= 0.3 is 0 Å². The van der Waals surface area contributed by atoms with Gasteiger partial charge in [0.1, 0.15) is 0 Å². The SMILES string of the molecule is CCC1CCC(C(=O)N[C@H]2COC[C@H]2Cc2ccnc3ccccc23)CC1. The lowest BCUT2D eigenvalue weighted by molar-refractivity contribution is -0.127. The number of rotatable bonds is 5. The first-order chi connectivity index (χ1) is 13.2. The van der Waals surface area contributed by atoms with Crippen LogP contribution in [0.1, 0.15) is 44.6 Å². The van der Waals surface area contributed by atoms with Crippen LogP contribution >= 0.6 is 0 Å². The molecule has 144 valence electrons. The van der Waals surface area contributed by atoms with Gasteiger partial charge in [0.05, 0.1) is 24.8 Å². The topological polar surface area (TPSA) is 51.2 Å². The smallest absolute Gasteiger partial charge is 0.223 e. The van der Waals surface area contributed by atoms with E-state index in [-0.39, 0.29) is 17.9 Å². The Bertz CT molecular complexity index is 778. The lowest BCUT2D eigenvalue weighted by Gasteiger charge is -2.29. The van der Waals surface area contributed by atoms with Gasteiger partial charge in [-0.05, 0) is 55.7 Å². The molecular formula is C23H30N2O2. The van der Waals surface area contributed by atoms with Crippen molar-refractivity contribution in [3.63, 3.8) is 0 Å². The molecule has 1 aromatic carbocycles. The van der Waals surface area contributed by atoms with Crippen LogP contribution in [-0.2, 0) is 16.0 Å². The van der Waals surface area contributed by atoms with Gasteiger partial charge < -0.3 is 10.1 Å². The maximum Gasteiger partial charge on any atom is 0.223 e. The predicted molar refractivity (Wildman–Crippen MR) is 107 cm³/mol. The van der Waals surface area contributed by atoms with Crippen molar-refractivity contribution in [2.45, 2.75) is 51.5 Å². The van der Waals surface area contributed by atoms with Gasteiger partial charge in [-0.25, -0.2) is 0 Å². The zero-order valence-electron chi connectivity index (χ0n) is 16.2. The average molecular weight is 367 g/mol. The largest absolute Gasteiger partial charge is 0.379 e. The highest BCUT2D eigenvalue weighted by Crippen LogP contribution is 2.31. The Hall–Kier alpha value is -1.94. The summed E-state index contributed by atoms with van der Waals surface area (Å²) in [6.07, 6.45) is 8.51. The van der Waals surface area contributed by atoms with Gasteiger partial charge in [-0.1, -0.05) is 31.5 Å². The van der Waals surface area contributed by atoms with E-state index in [1.54, 1.807) is 0 Å². The molecule has 2 fully saturated rings. The molecule has 2 heterocycles. The van der Waals surface area contributed by atoms with Gasteiger partial charge in [-0.2, -0.15) is 0 Å². The number of nitrogens with zero attached hydrogens (tertiary/aromatic N) is 1. The zero-order chi connectivity index (χ0) is 18.6. The van der Waals surface area contributed by atoms with Gasteiger partial charge in [0, 0.05) is 23.4 Å². The Kier molecular flexibility index (Phi) is 5.72. The number of ether oxygens (including phenoxy) is 1. The molecule has 1 saturated carbocycles. The zero-order valence-corrected chi connectivity index (χ0v) is 16.2. The van der Waals surface area contributed by atoms with Gasteiger partial charge in [-0.3, -0.25) is 9.78 Å². The van der Waals surface area contributed by atoms with Crippen molar-refractivity contribution in [2.75, 3.05) is 13.2 Å². The normalized spacial score (nSPS) is 28.3. The van der Waals surface area contributed by atoms with E-state index in [0.717, 1.165) is 30.7 Å². The summed E-state index contributed by atoms with van der Waals surface area (Å²) in [5, 5.41) is 4.52. The van der Waals surface area contributed by atoms with Crippen LogP contribution in [0.5, 0.6) is 0 Å². The van der Waals surface area contributed by atoms with Gasteiger partial charge in [0.25, 0.3) is 0 Å². The number of aromatic nitrogens is 1. The highest BCUT2D eigenvalue weighted by Gasteiger charge is 2.33. The van der Waals surface area contributed by atoms with E-state index < -0.39 is 0 Å². The molecule has 1 saturated heterocycles. The first kappa shape index (κ1) is 18.4. The van der Waals surface area contributed by atoms with E-state index in [0.29, 0.717) is 19.1 Å². The summed E-state index contributed by atoms with van der Waals surface area (Å²) in [5.74, 6) is 1.57. The minimum absolute atomic E-state index is 0.119. The number of hydrogen-bond donors (Lipinski definition) is 1. The van der Waals surface area contributed by atoms with E-state index in [2.05, 4.69) is 41.5 Å². The lowest BCUT2D eigenvalue weighted by Crippen LogP contribution is -2.44. The number of para-hydroxylation sites is 1. The Morgan fingerprint density at radius 1 is 1.15 bits per heavy atom. The second-order valence-corrected chi connectivity index (χ2v) is 8.23. The molecule has 2 aliphatic rings. The third-order valence-corrected chi connectivity index (χ3v) is 6.54. The average Bonchev–Trinajstić information content (AvgIpc) is 3.15. The summed E-state index contributed by atoms with van der Waals surface area (Å²) in [4.78, 5) is 17.2. The summed E-state index contributed by atoms with van der Waals surface area (Å²) in [6.45, 7) is 3.60. The fourth-order valence-corrected chi connectivity index (χ4v) is 4.71. The number of carbonyl (C=O) groups is 1. The molecular weight excluding hydrogens is 336 g/mol. The van der Waals surface area contributed by atoms with E-state index >= 15 is 0 Å². The maximum atomic E-state index is 12.8. The number of carbonyl (C=O) groups excluding carboxylic acids is 1. The van der Waals surface area contributed by atoms with Crippen LogP contribution in [0.3, 0.4) is 0 Å². The standard InChI is InChI=1S/C23H30N2O2/c1-2-16-7-9-17(10-8-16)23(26)25-22-15-27-14-19(22)13-18-11-12-24-21-6-4-3-5-20(18)21/h3-6,11-12,16-17,19,22H,2,7-10,13-15H2,1H3,(H,25,26)/t16?,17?,19-,22+/m1/s1. The molecule has 27 heavy (non-hydrogen) atoms. The number of benzene rings is 1. The van der Waals surface area contributed by atoms with Gasteiger partial charge in [-0.15, -0.1) is 0 Å². The first-order valence-corrected chi connectivity index (χ1v) is 10.4. The molecule has 0 unspecified atom stereocenters. The van der Waals surface area contributed by atoms with E-state index in [9.17, 15) is 4.79 Å². The molecule has 2 atom stereocenters. The van der Waals surface area contributed by atoms with Crippen molar-refractivity contribution < 1.29 is 9.53 Å². The van der Waals surface area contributed by atoms with Crippen molar-refractivity contribution in [3.05, 3.63) is 42.1 Å². The maximum absolute atomic E-state index is 12.8. The summed E-state index contributed by atoms with van der Waals surface area (Å²) < 4.78 is 5.75. The fraction of sp³-hybridized carbons (Fsp3) is 0.565. The molecule has 1 aliphatic carbocycles. The van der Waals surface area contributed by atoms with Crippen LogP contribution < -0.4 is 5.32 Å². The minimum atomic E-state index is 0.119. The van der Waals surface area contributed by atoms with Crippen LogP contribution in [0.4, 0.5) is 0 Å². The number of amides is 1. The van der Waals surface area contributed by atoms with Crippen LogP contribution in [0.2, 0.25) is 0 Å². The second kappa shape index (κ2) is 8.39. The Morgan fingerprint density at radius 2 is 1.96 bits per heavy atom. The predicted octanol–water partition coefficient (Wildman–Crippen LogP) is 4.12. The summed E-state index contributed by atoms with van der Waals surface area (Å²) >= 11 is 0. The van der Waals surface area contributed by atoms with Crippen LogP contribution in [0.25, 0.3) is 10.9 Å². The molecule has 1 aromatic heterocycles. The number of pyridine rings is 1. The molecule has 2 aromatic rings.